The van der Waals surface area contributed by atoms with Crippen LogP contribution in [0.2, 0.25) is 0 Å². The Bertz CT molecular complexity index is 1640. The molecule has 2 aliphatic heterocycles. The van der Waals surface area contributed by atoms with Crippen molar-refractivity contribution in [1.29, 1.82) is 0 Å². The summed E-state index contributed by atoms with van der Waals surface area (Å²) in [6, 6.07) is 0.848. The quantitative estimate of drug-likeness (QED) is 0.314. The topological polar surface area (TPSA) is 122 Å². The fraction of sp³-hybridized carbons (Fsp3) is 0.688. The first kappa shape index (κ1) is 34.2. The number of aromatic nitrogens is 6. The molecule has 3 aliphatic rings. The van der Waals surface area contributed by atoms with Crippen LogP contribution in [-0.2, 0) is 24.3 Å². The lowest BCUT2D eigenvalue weighted by molar-refractivity contribution is -0.183. The lowest BCUT2D eigenvalue weighted by Crippen LogP contribution is -2.47. The first-order valence-electron chi connectivity index (χ1n) is 16.6. The van der Waals surface area contributed by atoms with Crippen molar-refractivity contribution in [3.8, 4) is 0 Å². The van der Waals surface area contributed by atoms with Crippen molar-refractivity contribution in [1.82, 2.24) is 44.9 Å². The van der Waals surface area contributed by atoms with E-state index in [0.29, 0.717) is 35.9 Å². The summed E-state index contributed by atoms with van der Waals surface area (Å²) in [6.45, 7) is 8.14. The minimum absolute atomic E-state index is 0.0414. The predicted molar refractivity (Wildman–Crippen MR) is 164 cm³/mol. The maximum Gasteiger partial charge on any atom is 0.393 e. The second-order valence-electron chi connectivity index (χ2n) is 14.3. The van der Waals surface area contributed by atoms with Gasteiger partial charge in [-0.15, -0.1) is 0 Å². The molecule has 3 aromatic rings. The largest absolute Gasteiger partial charge is 0.393 e. The van der Waals surface area contributed by atoms with E-state index in [9.17, 15) is 31.5 Å². The van der Waals surface area contributed by atoms with Gasteiger partial charge in [0.1, 0.15) is 5.69 Å². The maximum atomic E-state index is 14.2. The van der Waals surface area contributed by atoms with Crippen molar-refractivity contribution in [3.05, 3.63) is 41.2 Å². The van der Waals surface area contributed by atoms with Gasteiger partial charge in [0.15, 0.2) is 0 Å². The number of fused-ring (bicyclic) bond motifs is 1. The van der Waals surface area contributed by atoms with E-state index in [1.54, 1.807) is 12.3 Å². The number of piperidine rings is 1. The van der Waals surface area contributed by atoms with Crippen LogP contribution in [0.4, 0.5) is 22.0 Å². The summed E-state index contributed by atoms with van der Waals surface area (Å²) in [5.74, 6) is -6.40. The smallest absolute Gasteiger partial charge is 0.355 e. The minimum Gasteiger partial charge on any atom is -0.355 e. The molecule has 0 spiro atoms. The van der Waals surface area contributed by atoms with E-state index in [1.165, 1.54) is 15.4 Å². The van der Waals surface area contributed by atoms with Gasteiger partial charge in [-0.25, -0.2) is 23.3 Å². The number of imidazole rings is 1. The Labute approximate surface area is 275 Å². The van der Waals surface area contributed by atoms with Crippen molar-refractivity contribution in [2.45, 2.75) is 96.9 Å². The van der Waals surface area contributed by atoms with Crippen molar-refractivity contribution in [2.24, 2.45) is 23.2 Å². The van der Waals surface area contributed by atoms with Gasteiger partial charge in [0.2, 0.25) is 11.8 Å². The number of alkyl halides is 5. The molecule has 2 saturated heterocycles. The third kappa shape index (κ3) is 7.47. The number of carbonyl (C=O) groups is 2. The van der Waals surface area contributed by atoms with Crippen LogP contribution in [0.1, 0.15) is 92.9 Å². The number of halogens is 5. The van der Waals surface area contributed by atoms with Crippen LogP contribution in [0.25, 0.3) is 5.78 Å². The molecule has 0 radical (unpaired) electrons. The number of likely N-dealkylation sites (tertiary alicyclic amines) is 1. The summed E-state index contributed by atoms with van der Waals surface area (Å²) in [5.41, 5.74) is 1.70. The number of nitrogens with zero attached hydrogens (tertiary/aromatic N) is 7. The molecule has 2 N–H and O–H groups in total. The van der Waals surface area contributed by atoms with Gasteiger partial charge >= 0.3 is 6.18 Å². The fourth-order valence-electron chi connectivity index (χ4n) is 7.29. The number of aryl methyl sites for hydroxylation is 1. The Morgan fingerprint density at radius 1 is 1.15 bits per heavy atom. The van der Waals surface area contributed by atoms with E-state index in [-0.39, 0.29) is 55.6 Å². The molecule has 262 valence electrons. The van der Waals surface area contributed by atoms with Crippen molar-refractivity contribution >= 4 is 17.6 Å². The number of hydrogen-bond acceptors (Lipinski definition) is 7. The SMILES string of the molecule is CCn1nccc1C(=O)N[C@H](c1cn2nc(C[C@H]3C[C@@H](C(F)(F)F)CNC3=O)c(CN3CCC(C)(C)C3)nc2n1)C1CCC(F)(F)CC1. The summed E-state index contributed by atoms with van der Waals surface area (Å²) < 4.78 is 72.2. The number of rotatable bonds is 9. The van der Waals surface area contributed by atoms with Gasteiger partial charge in [0.05, 0.1) is 35.2 Å². The Kier molecular flexibility index (Phi) is 9.24. The molecule has 0 bridgehead atoms. The standard InChI is InChI=1S/C32H42F5N9O2/c1-4-45-25(7-11-39-45)28(48)42-26(19-5-8-31(33,34)9-6-19)24-17-46-29(41-24)40-23(16-44-12-10-30(2,3)18-44)22(43-46)14-20-13-21(32(35,36)37)15-38-27(20)47/h7,11,17,19-21,26H,4-6,8-10,12-16,18H2,1-3H3,(H,38,47)(H,42,48)/t20-,21-,26+/m1/s1. The van der Waals surface area contributed by atoms with E-state index < -0.39 is 48.3 Å². The highest BCUT2D eigenvalue weighted by molar-refractivity contribution is 5.92. The van der Waals surface area contributed by atoms with Crippen molar-refractivity contribution in [3.63, 3.8) is 0 Å². The zero-order valence-corrected chi connectivity index (χ0v) is 27.4. The Morgan fingerprint density at radius 3 is 2.56 bits per heavy atom. The monoisotopic (exact) mass is 679 g/mol. The Balaban J connectivity index is 1.35. The molecule has 1 saturated carbocycles. The van der Waals surface area contributed by atoms with Crippen LogP contribution in [0, 0.1) is 23.2 Å². The summed E-state index contributed by atoms with van der Waals surface area (Å²) >= 11 is 0. The van der Waals surface area contributed by atoms with Gasteiger partial charge in [-0.2, -0.15) is 23.4 Å². The number of carbonyl (C=O) groups excluding carboxylic acids is 2. The van der Waals surface area contributed by atoms with Crippen LogP contribution >= 0.6 is 0 Å². The Morgan fingerprint density at radius 2 is 1.90 bits per heavy atom. The number of amides is 2. The summed E-state index contributed by atoms with van der Waals surface area (Å²) in [6.07, 6.45) is -1.08. The lowest BCUT2D eigenvalue weighted by atomic mass is 9.81. The molecule has 2 amide bonds. The van der Waals surface area contributed by atoms with Crippen LogP contribution < -0.4 is 10.6 Å². The molecule has 5 heterocycles. The molecule has 0 unspecified atom stereocenters. The average Bonchev–Trinajstić information content (AvgIpc) is 3.74. The van der Waals surface area contributed by atoms with E-state index >= 15 is 0 Å². The third-order valence-electron chi connectivity index (χ3n) is 10.1. The van der Waals surface area contributed by atoms with Crippen molar-refractivity contribution in [2.75, 3.05) is 19.6 Å². The fourth-order valence-corrected chi connectivity index (χ4v) is 7.29. The van der Waals surface area contributed by atoms with Gasteiger partial charge < -0.3 is 10.6 Å². The maximum absolute atomic E-state index is 14.2. The van der Waals surface area contributed by atoms with Gasteiger partial charge in [-0.05, 0) is 56.6 Å². The van der Waals surface area contributed by atoms with Crippen LogP contribution in [0.15, 0.2) is 18.5 Å². The van der Waals surface area contributed by atoms with E-state index in [4.69, 9.17) is 15.1 Å². The highest BCUT2D eigenvalue weighted by Crippen LogP contribution is 2.41. The molecule has 1 aliphatic carbocycles. The second-order valence-corrected chi connectivity index (χ2v) is 14.3. The molecule has 3 aromatic heterocycles. The zero-order valence-electron chi connectivity index (χ0n) is 27.4. The average molecular weight is 680 g/mol. The zero-order chi connectivity index (χ0) is 34.4. The Hall–Kier alpha value is -3.69. The molecule has 0 aromatic carbocycles. The van der Waals surface area contributed by atoms with Gasteiger partial charge in [-0.3, -0.25) is 19.2 Å². The minimum atomic E-state index is -4.44. The van der Waals surface area contributed by atoms with Gasteiger partial charge in [0.25, 0.3) is 11.7 Å². The second kappa shape index (κ2) is 13.0. The normalized spacial score (nSPS) is 24.1. The first-order valence-corrected chi connectivity index (χ1v) is 16.6. The third-order valence-corrected chi connectivity index (χ3v) is 10.1. The predicted octanol–water partition coefficient (Wildman–Crippen LogP) is 4.73. The van der Waals surface area contributed by atoms with Gasteiger partial charge in [-0.1, -0.05) is 13.8 Å². The molecule has 6 rings (SSSR count). The first-order chi connectivity index (χ1) is 22.6. The molecule has 3 fully saturated rings. The van der Waals surface area contributed by atoms with Crippen LogP contribution in [0.5, 0.6) is 0 Å². The molecule has 3 atom stereocenters. The summed E-state index contributed by atoms with van der Waals surface area (Å²) in [7, 11) is 0. The summed E-state index contributed by atoms with van der Waals surface area (Å²) in [5, 5.41) is 14.3. The van der Waals surface area contributed by atoms with E-state index in [1.807, 2.05) is 6.92 Å². The number of nitrogens with one attached hydrogen (secondary N) is 2. The van der Waals surface area contributed by atoms with Gasteiger partial charge in [0, 0.05) is 57.6 Å². The summed E-state index contributed by atoms with van der Waals surface area (Å²) in [4.78, 5) is 38.0. The van der Waals surface area contributed by atoms with Crippen LogP contribution in [-0.4, -0.2) is 77.8 Å². The van der Waals surface area contributed by atoms with Crippen molar-refractivity contribution < 1.29 is 31.5 Å². The lowest BCUT2D eigenvalue weighted by Gasteiger charge is -2.33. The molecular weight excluding hydrogens is 637 g/mol. The molecule has 16 heteroatoms. The highest BCUT2D eigenvalue weighted by Gasteiger charge is 2.45. The number of hydrogen-bond donors (Lipinski definition) is 2. The van der Waals surface area contributed by atoms with E-state index in [0.717, 1.165) is 19.5 Å². The molecule has 11 nitrogen and oxygen atoms in total. The van der Waals surface area contributed by atoms with E-state index in [2.05, 4.69) is 34.5 Å². The van der Waals surface area contributed by atoms with Crippen LogP contribution in [0.3, 0.4) is 0 Å². The molecule has 48 heavy (non-hydrogen) atoms. The highest BCUT2D eigenvalue weighted by atomic mass is 19.4. The molecular formula is C32H42F5N9O2.